The van der Waals surface area contributed by atoms with Crippen LogP contribution in [0.2, 0.25) is 0 Å². The zero-order valence-electron chi connectivity index (χ0n) is 10.7. The summed E-state index contributed by atoms with van der Waals surface area (Å²) in [6.45, 7) is -0.189. The Morgan fingerprint density at radius 3 is 2.85 bits per heavy atom. The minimum atomic E-state index is -2.88. The Bertz CT molecular complexity index is 538. The summed E-state index contributed by atoms with van der Waals surface area (Å²) in [4.78, 5) is 0.968. The molecule has 1 aromatic heterocycles. The van der Waals surface area contributed by atoms with Crippen LogP contribution >= 0.6 is 11.5 Å². The first-order chi connectivity index (χ1) is 9.69. The lowest BCUT2D eigenvalue weighted by Crippen LogP contribution is -2.05. The lowest BCUT2D eigenvalue weighted by molar-refractivity contribution is -0.0514. The molecule has 8 heteroatoms. The van der Waals surface area contributed by atoms with Crippen LogP contribution in [0.25, 0.3) is 0 Å². The minimum absolute atomic E-state index is 0.0202. The predicted molar refractivity (Wildman–Crippen MR) is 71.5 cm³/mol. The van der Waals surface area contributed by atoms with Gasteiger partial charge in [-0.15, -0.1) is 5.10 Å². The molecule has 0 saturated carbocycles. The molecule has 0 aliphatic rings. The standard InChI is InChI=1S/C12H13F2N3O2S/c1-2-18-11-5-8(3-4-10(11)19-12(13)14)15-6-9-7-16-17-20-9/h3-5,7,12,15H,2,6H2,1H3. The van der Waals surface area contributed by atoms with Crippen LogP contribution in [0.3, 0.4) is 0 Å². The molecule has 0 amide bonds. The Kier molecular flexibility index (Phi) is 5.05. The summed E-state index contributed by atoms with van der Waals surface area (Å²) in [7, 11) is 0. The van der Waals surface area contributed by atoms with Crippen LogP contribution in [0.4, 0.5) is 14.5 Å². The predicted octanol–water partition coefficient (Wildman–Crippen LogP) is 3.15. The highest BCUT2D eigenvalue weighted by molar-refractivity contribution is 7.05. The average molecular weight is 301 g/mol. The molecule has 2 rings (SSSR count). The smallest absolute Gasteiger partial charge is 0.387 e. The number of hydrogen-bond acceptors (Lipinski definition) is 6. The van der Waals surface area contributed by atoms with Gasteiger partial charge < -0.3 is 14.8 Å². The minimum Gasteiger partial charge on any atom is -0.490 e. The van der Waals surface area contributed by atoms with Crippen molar-refractivity contribution in [2.24, 2.45) is 0 Å². The van der Waals surface area contributed by atoms with Crippen LogP contribution in [0.5, 0.6) is 11.5 Å². The lowest BCUT2D eigenvalue weighted by Gasteiger charge is -2.13. The van der Waals surface area contributed by atoms with Crippen molar-refractivity contribution in [2.45, 2.75) is 20.1 Å². The number of aromatic nitrogens is 2. The van der Waals surface area contributed by atoms with E-state index >= 15 is 0 Å². The van der Waals surface area contributed by atoms with Gasteiger partial charge in [-0.1, -0.05) is 4.49 Å². The zero-order chi connectivity index (χ0) is 14.4. The summed E-state index contributed by atoms with van der Waals surface area (Å²) in [5, 5.41) is 6.86. The molecule has 20 heavy (non-hydrogen) atoms. The van der Waals surface area contributed by atoms with Gasteiger partial charge in [0.1, 0.15) is 0 Å². The Hall–Kier alpha value is -1.96. The largest absolute Gasteiger partial charge is 0.490 e. The van der Waals surface area contributed by atoms with Crippen molar-refractivity contribution in [3.63, 3.8) is 0 Å². The number of nitrogens with zero attached hydrogens (tertiary/aromatic N) is 2. The highest BCUT2D eigenvalue weighted by Gasteiger charge is 2.11. The monoisotopic (exact) mass is 301 g/mol. The topological polar surface area (TPSA) is 56.3 Å². The SMILES string of the molecule is CCOc1cc(NCc2cnns2)ccc1OC(F)F. The van der Waals surface area contributed by atoms with E-state index in [-0.39, 0.29) is 11.5 Å². The fourth-order valence-electron chi connectivity index (χ4n) is 1.53. The number of alkyl halides is 2. The van der Waals surface area contributed by atoms with Gasteiger partial charge in [-0.25, -0.2) is 0 Å². The van der Waals surface area contributed by atoms with E-state index in [2.05, 4.69) is 19.6 Å². The first-order valence-electron chi connectivity index (χ1n) is 5.90. The molecule has 0 unspecified atom stereocenters. The number of anilines is 1. The fraction of sp³-hybridized carbons (Fsp3) is 0.333. The Morgan fingerprint density at radius 1 is 1.35 bits per heavy atom. The number of hydrogen-bond donors (Lipinski definition) is 1. The van der Waals surface area contributed by atoms with Gasteiger partial charge in [-0.3, -0.25) is 0 Å². The van der Waals surface area contributed by atoms with Gasteiger partial charge >= 0.3 is 6.61 Å². The summed E-state index contributed by atoms with van der Waals surface area (Å²) < 4.78 is 38.0. The molecule has 1 heterocycles. The van der Waals surface area contributed by atoms with Crippen molar-refractivity contribution >= 4 is 17.2 Å². The number of benzene rings is 1. The molecule has 0 radical (unpaired) electrons. The van der Waals surface area contributed by atoms with E-state index in [0.29, 0.717) is 13.2 Å². The molecular weight excluding hydrogens is 288 g/mol. The van der Waals surface area contributed by atoms with E-state index < -0.39 is 6.61 Å². The van der Waals surface area contributed by atoms with Gasteiger partial charge in [0.15, 0.2) is 11.5 Å². The molecule has 0 aliphatic heterocycles. The lowest BCUT2D eigenvalue weighted by atomic mass is 10.2. The molecule has 1 aromatic carbocycles. The van der Waals surface area contributed by atoms with Gasteiger partial charge in [0.25, 0.3) is 0 Å². The third-order valence-electron chi connectivity index (χ3n) is 2.33. The van der Waals surface area contributed by atoms with E-state index in [1.165, 1.54) is 17.6 Å². The number of nitrogens with one attached hydrogen (secondary N) is 1. The molecule has 5 nitrogen and oxygen atoms in total. The van der Waals surface area contributed by atoms with Crippen LogP contribution in [-0.4, -0.2) is 22.8 Å². The zero-order valence-corrected chi connectivity index (χ0v) is 11.5. The summed E-state index contributed by atoms with van der Waals surface area (Å²) in [5.74, 6) is 0.298. The van der Waals surface area contributed by atoms with Gasteiger partial charge in [-0.05, 0) is 30.6 Å². The van der Waals surface area contributed by atoms with Crippen LogP contribution in [0, 0.1) is 0 Å². The van der Waals surface area contributed by atoms with Crippen molar-refractivity contribution in [3.05, 3.63) is 29.3 Å². The van der Waals surface area contributed by atoms with Crippen molar-refractivity contribution < 1.29 is 18.3 Å². The molecule has 0 aliphatic carbocycles. The normalized spacial score (nSPS) is 10.6. The van der Waals surface area contributed by atoms with Crippen LogP contribution in [0.1, 0.15) is 11.8 Å². The second-order valence-electron chi connectivity index (χ2n) is 3.71. The van der Waals surface area contributed by atoms with E-state index in [1.807, 2.05) is 0 Å². The van der Waals surface area contributed by atoms with E-state index in [9.17, 15) is 8.78 Å². The fourth-order valence-corrected chi connectivity index (χ4v) is 1.96. The third-order valence-corrected chi connectivity index (χ3v) is 2.99. The van der Waals surface area contributed by atoms with Gasteiger partial charge in [0.05, 0.1) is 24.2 Å². The van der Waals surface area contributed by atoms with E-state index in [4.69, 9.17) is 4.74 Å². The molecular formula is C12H13F2N3O2S. The summed E-state index contributed by atoms with van der Waals surface area (Å²) in [6, 6.07) is 4.72. The molecule has 0 bridgehead atoms. The molecule has 0 fully saturated rings. The van der Waals surface area contributed by atoms with E-state index in [0.717, 1.165) is 10.6 Å². The quantitative estimate of drug-likeness (QED) is 0.851. The second kappa shape index (κ2) is 6.99. The van der Waals surface area contributed by atoms with Crippen LogP contribution < -0.4 is 14.8 Å². The average Bonchev–Trinajstić information content (AvgIpc) is 2.92. The Balaban J connectivity index is 2.08. The molecule has 2 aromatic rings. The van der Waals surface area contributed by atoms with Crippen molar-refractivity contribution in [3.8, 4) is 11.5 Å². The molecule has 108 valence electrons. The third kappa shape index (κ3) is 4.02. The second-order valence-corrected chi connectivity index (χ2v) is 4.58. The highest BCUT2D eigenvalue weighted by Crippen LogP contribution is 2.32. The maximum absolute atomic E-state index is 12.3. The first-order valence-corrected chi connectivity index (χ1v) is 6.68. The maximum Gasteiger partial charge on any atom is 0.387 e. The molecule has 0 spiro atoms. The number of halogens is 2. The summed E-state index contributed by atoms with van der Waals surface area (Å²) in [6.07, 6.45) is 1.66. The number of rotatable bonds is 7. The molecule has 1 N–H and O–H groups in total. The first kappa shape index (κ1) is 14.4. The van der Waals surface area contributed by atoms with Crippen molar-refractivity contribution in [1.82, 2.24) is 9.59 Å². The maximum atomic E-state index is 12.3. The van der Waals surface area contributed by atoms with Gasteiger partial charge in [-0.2, -0.15) is 8.78 Å². The summed E-state index contributed by atoms with van der Waals surface area (Å²) in [5.41, 5.74) is 0.739. The van der Waals surface area contributed by atoms with Gasteiger partial charge in [0.2, 0.25) is 0 Å². The summed E-state index contributed by atoms with van der Waals surface area (Å²) >= 11 is 1.29. The Morgan fingerprint density at radius 2 is 2.20 bits per heavy atom. The molecule has 0 atom stereocenters. The Labute approximate surface area is 118 Å². The highest BCUT2D eigenvalue weighted by atomic mass is 32.1. The van der Waals surface area contributed by atoms with Gasteiger partial charge in [0, 0.05) is 11.8 Å². The van der Waals surface area contributed by atoms with Crippen molar-refractivity contribution in [1.29, 1.82) is 0 Å². The molecule has 0 saturated heterocycles. The van der Waals surface area contributed by atoms with Crippen LogP contribution in [-0.2, 0) is 6.54 Å². The van der Waals surface area contributed by atoms with Crippen molar-refractivity contribution in [2.75, 3.05) is 11.9 Å². The van der Waals surface area contributed by atoms with Crippen LogP contribution in [0.15, 0.2) is 24.4 Å². The number of ether oxygens (including phenoxy) is 2. The van der Waals surface area contributed by atoms with E-state index in [1.54, 1.807) is 25.3 Å².